The van der Waals surface area contributed by atoms with Crippen LogP contribution in [-0.4, -0.2) is 38.9 Å². The van der Waals surface area contributed by atoms with Gasteiger partial charge in [-0.2, -0.15) is 9.37 Å². The monoisotopic (exact) mass is 478 g/mol. The maximum atomic E-state index is 13.9. The number of halogens is 3. The minimum absolute atomic E-state index is 0.0141. The van der Waals surface area contributed by atoms with E-state index in [9.17, 15) is 14.5 Å². The molecule has 10 nitrogen and oxygen atoms in total. The van der Waals surface area contributed by atoms with Gasteiger partial charge in [0, 0.05) is 17.2 Å². The summed E-state index contributed by atoms with van der Waals surface area (Å²) in [4.78, 5) is 18.7. The highest BCUT2D eigenvalue weighted by Gasteiger charge is 2.21. The molecule has 0 saturated carbocycles. The van der Waals surface area contributed by atoms with Crippen molar-refractivity contribution < 1.29 is 18.8 Å². The Morgan fingerprint density at radius 2 is 1.97 bits per heavy atom. The zero-order valence-corrected chi connectivity index (χ0v) is 18.0. The molecule has 0 bridgehead atoms. The van der Waals surface area contributed by atoms with Gasteiger partial charge in [-0.15, -0.1) is 5.10 Å². The van der Waals surface area contributed by atoms with Crippen LogP contribution in [-0.2, 0) is 0 Å². The summed E-state index contributed by atoms with van der Waals surface area (Å²) >= 11 is 12.4. The molecule has 2 aromatic heterocycles. The molecule has 4 rings (SSSR count). The van der Waals surface area contributed by atoms with E-state index < -0.39 is 16.4 Å². The van der Waals surface area contributed by atoms with Crippen molar-refractivity contribution in [3.8, 4) is 17.4 Å². The van der Waals surface area contributed by atoms with Crippen molar-refractivity contribution in [2.45, 2.75) is 0 Å². The number of hydrogen-bond donors (Lipinski definition) is 1. The van der Waals surface area contributed by atoms with Gasteiger partial charge in [0.05, 0.1) is 41.9 Å². The van der Waals surface area contributed by atoms with Gasteiger partial charge in [0.15, 0.2) is 5.82 Å². The van der Waals surface area contributed by atoms with Crippen molar-refractivity contribution in [1.82, 2.24) is 19.7 Å². The molecule has 0 spiro atoms. The molecule has 0 saturated heterocycles. The quantitative estimate of drug-likeness (QED) is 0.306. The van der Waals surface area contributed by atoms with Crippen LogP contribution in [0.15, 0.2) is 36.5 Å². The van der Waals surface area contributed by atoms with E-state index in [1.165, 1.54) is 25.1 Å². The number of hydrogen-bond acceptors (Lipinski definition) is 8. The number of fused-ring (bicyclic) bond motifs is 1. The predicted octanol–water partition coefficient (Wildman–Crippen LogP) is 4.93. The topological polar surface area (TPSA) is 117 Å². The number of anilines is 2. The lowest BCUT2D eigenvalue weighted by Gasteiger charge is -2.12. The minimum Gasteiger partial charge on any atom is -0.494 e. The fraction of sp³-hybridized carbons (Fsp3) is 0.105. The van der Waals surface area contributed by atoms with Crippen LogP contribution in [0.5, 0.6) is 11.6 Å². The second-order valence-electron chi connectivity index (χ2n) is 6.33. The molecule has 32 heavy (non-hydrogen) atoms. The fourth-order valence-electron chi connectivity index (χ4n) is 3.01. The molecule has 0 atom stereocenters. The van der Waals surface area contributed by atoms with Crippen LogP contribution in [0.25, 0.3) is 16.7 Å². The van der Waals surface area contributed by atoms with Crippen molar-refractivity contribution in [3.05, 3.63) is 62.5 Å². The molecule has 0 unspecified atom stereocenters. The molecule has 0 fully saturated rings. The van der Waals surface area contributed by atoms with Gasteiger partial charge in [0.2, 0.25) is 17.6 Å². The van der Waals surface area contributed by atoms with Crippen LogP contribution in [0.3, 0.4) is 0 Å². The largest absolute Gasteiger partial charge is 0.494 e. The van der Waals surface area contributed by atoms with Crippen molar-refractivity contribution in [3.63, 3.8) is 0 Å². The standard InChI is InChI=1S/C19H13Cl2FN6O4/c1-31-16-6-12(22)15(28(29)30)7-13(16)24-19-23-8-11(21)17(25-19)27-14-4-3-9(20)5-10(14)18(26-27)32-2/h3-8H,1-2H3,(H,23,24,25). The zero-order chi connectivity index (χ0) is 23.0. The third kappa shape index (κ3) is 3.83. The van der Waals surface area contributed by atoms with Gasteiger partial charge in [0.25, 0.3) is 0 Å². The van der Waals surface area contributed by atoms with E-state index in [0.29, 0.717) is 21.8 Å². The average Bonchev–Trinajstić information content (AvgIpc) is 3.13. The number of nitro benzene ring substituents is 1. The summed E-state index contributed by atoms with van der Waals surface area (Å²) in [6.45, 7) is 0. The molecule has 4 aromatic rings. The predicted molar refractivity (Wildman–Crippen MR) is 116 cm³/mol. The van der Waals surface area contributed by atoms with E-state index >= 15 is 0 Å². The number of rotatable bonds is 6. The Labute approximate surface area is 189 Å². The molecule has 0 aliphatic heterocycles. The van der Waals surface area contributed by atoms with Crippen LogP contribution in [0, 0.1) is 15.9 Å². The van der Waals surface area contributed by atoms with Crippen molar-refractivity contribution >= 4 is 51.4 Å². The van der Waals surface area contributed by atoms with E-state index in [4.69, 9.17) is 32.7 Å². The first kappa shape index (κ1) is 21.5. The van der Waals surface area contributed by atoms with Gasteiger partial charge in [-0.25, -0.2) is 9.67 Å². The Morgan fingerprint density at radius 3 is 2.66 bits per heavy atom. The lowest BCUT2D eigenvalue weighted by atomic mass is 10.2. The number of benzene rings is 2. The number of nitro groups is 1. The number of aromatic nitrogens is 4. The normalized spacial score (nSPS) is 10.9. The summed E-state index contributed by atoms with van der Waals surface area (Å²) < 4.78 is 25.8. The van der Waals surface area contributed by atoms with Gasteiger partial charge in [-0.1, -0.05) is 23.2 Å². The Kier molecular flexibility index (Phi) is 5.68. The second-order valence-corrected chi connectivity index (χ2v) is 7.18. The first-order valence-electron chi connectivity index (χ1n) is 8.86. The Morgan fingerprint density at radius 1 is 1.19 bits per heavy atom. The first-order chi connectivity index (χ1) is 15.3. The lowest BCUT2D eigenvalue weighted by Crippen LogP contribution is -2.06. The first-order valence-corrected chi connectivity index (χ1v) is 9.62. The van der Waals surface area contributed by atoms with E-state index in [1.807, 2.05) is 0 Å². The maximum absolute atomic E-state index is 13.9. The SMILES string of the molecule is COc1cc(F)c([N+](=O)[O-])cc1Nc1ncc(Cl)c(-n2nc(OC)c3cc(Cl)ccc32)n1. The Bertz CT molecular complexity index is 1360. The molecular formula is C19H13Cl2FN6O4. The Balaban J connectivity index is 1.81. The number of nitrogens with one attached hydrogen (secondary N) is 1. The van der Waals surface area contributed by atoms with Crippen molar-refractivity contribution in [2.75, 3.05) is 19.5 Å². The fourth-order valence-corrected chi connectivity index (χ4v) is 3.36. The van der Waals surface area contributed by atoms with Gasteiger partial charge in [-0.05, 0) is 18.2 Å². The highest BCUT2D eigenvalue weighted by Crippen LogP contribution is 2.35. The summed E-state index contributed by atoms with van der Waals surface area (Å²) in [6, 6.07) is 6.98. The van der Waals surface area contributed by atoms with E-state index in [1.54, 1.807) is 18.2 Å². The van der Waals surface area contributed by atoms with Crippen LogP contribution < -0.4 is 14.8 Å². The van der Waals surface area contributed by atoms with E-state index in [0.717, 1.165) is 12.1 Å². The second kappa shape index (κ2) is 8.44. The van der Waals surface area contributed by atoms with Crippen LogP contribution >= 0.6 is 23.2 Å². The third-order valence-corrected chi connectivity index (χ3v) is 4.94. The molecule has 0 amide bonds. The van der Waals surface area contributed by atoms with Gasteiger partial charge >= 0.3 is 5.69 Å². The smallest absolute Gasteiger partial charge is 0.307 e. The van der Waals surface area contributed by atoms with Crippen LogP contribution in [0.1, 0.15) is 0 Å². The van der Waals surface area contributed by atoms with E-state index in [2.05, 4.69) is 20.4 Å². The molecule has 13 heteroatoms. The molecule has 164 valence electrons. The molecule has 0 aliphatic carbocycles. The molecular weight excluding hydrogens is 466 g/mol. The number of ether oxygens (including phenoxy) is 2. The van der Waals surface area contributed by atoms with E-state index in [-0.39, 0.29) is 28.2 Å². The van der Waals surface area contributed by atoms with Crippen molar-refractivity contribution in [1.29, 1.82) is 0 Å². The Hall–Kier alpha value is -3.70. The van der Waals surface area contributed by atoms with Gasteiger partial charge in [-0.3, -0.25) is 10.1 Å². The summed E-state index contributed by atoms with van der Waals surface area (Å²) in [5.74, 6) is -0.490. The molecule has 2 heterocycles. The molecule has 2 aromatic carbocycles. The number of nitrogens with zero attached hydrogens (tertiary/aromatic N) is 5. The molecule has 0 radical (unpaired) electrons. The number of methoxy groups -OCH3 is 2. The third-order valence-electron chi connectivity index (χ3n) is 4.44. The van der Waals surface area contributed by atoms with Crippen molar-refractivity contribution in [2.24, 2.45) is 0 Å². The van der Waals surface area contributed by atoms with Gasteiger partial charge in [0.1, 0.15) is 10.8 Å². The summed E-state index contributed by atoms with van der Waals surface area (Å²) in [5.41, 5.74) is -0.0291. The summed E-state index contributed by atoms with van der Waals surface area (Å²) in [7, 11) is 2.77. The highest BCUT2D eigenvalue weighted by atomic mass is 35.5. The zero-order valence-electron chi connectivity index (χ0n) is 16.5. The van der Waals surface area contributed by atoms with Crippen LogP contribution in [0.4, 0.5) is 21.7 Å². The summed E-state index contributed by atoms with van der Waals surface area (Å²) in [6.07, 6.45) is 1.33. The molecule has 1 N–H and O–H groups in total. The van der Waals surface area contributed by atoms with Crippen LogP contribution in [0.2, 0.25) is 10.0 Å². The highest BCUT2D eigenvalue weighted by molar-refractivity contribution is 6.32. The maximum Gasteiger partial charge on any atom is 0.307 e. The minimum atomic E-state index is -1.04. The lowest BCUT2D eigenvalue weighted by molar-refractivity contribution is -0.387. The molecule has 0 aliphatic rings. The summed E-state index contributed by atoms with van der Waals surface area (Å²) in [5, 5.41) is 19.6. The van der Waals surface area contributed by atoms with Gasteiger partial charge < -0.3 is 14.8 Å². The average molecular weight is 479 g/mol.